The van der Waals surface area contributed by atoms with Crippen LogP contribution in [0.15, 0.2) is 53.6 Å². The molecule has 3 rings (SSSR count). The van der Waals surface area contributed by atoms with Crippen molar-refractivity contribution in [2.45, 2.75) is 12.6 Å². The Balaban J connectivity index is 1.99. The smallest absolute Gasteiger partial charge is 0.261 e. The second kappa shape index (κ2) is 5.87. The molecule has 0 saturated heterocycles. The molecule has 1 heterocycles. The van der Waals surface area contributed by atoms with E-state index >= 15 is 0 Å². The van der Waals surface area contributed by atoms with Crippen molar-refractivity contribution in [1.82, 2.24) is 9.55 Å². The normalized spacial score (nSPS) is 12.5. The monoisotopic (exact) mass is 318 g/mol. The Bertz CT molecular complexity index is 895. The number of fused-ring (bicyclic) bond motifs is 1. The van der Waals surface area contributed by atoms with E-state index in [0.29, 0.717) is 15.9 Å². The Morgan fingerprint density at radius 3 is 2.82 bits per heavy atom. The third kappa shape index (κ3) is 2.73. The Morgan fingerprint density at radius 1 is 1.27 bits per heavy atom. The third-order valence-electron chi connectivity index (χ3n) is 3.42. The summed E-state index contributed by atoms with van der Waals surface area (Å²) < 4.78 is 14.9. The summed E-state index contributed by atoms with van der Waals surface area (Å²) in [6, 6.07) is 10.7. The van der Waals surface area contributed by atoms with Crippen LogP contribution in [-0.4, -0.2) is 14.7 Å². The maximum Gasteiger partial charge on any atom is 0.261 e. The number of rotatable bonds is 3. The van der Waals surface area contributed by atoms with Crippen molar-refractivity contribution in [3.63, 3.8) is 0 Å². The molecule has 0 amide bonds. The number of benzene rings is 2. The van der Waals surface area contributed by atoms with Gasteiger partial charge >= 0.3 is 0 Å². The summed E-state index contributed by atoms with van der Waals surface area (Å²) in [6.07, 6.45) is 0.195. The molecule has 0 saturated carbocycles. The summed E-state index contributed by atoms with van der Waals surface area (Å²) in [4.78, 5) is 16.5. The minimum Gasteiger partial charge on any atom is -0.386 e. The molecule has 112 valence electrons. The van der Waals surface area contributed by atoms with Gasteiger partial charge in [-0.1, -0.05) is 29.8 Å². The van der Waals surface area contributed by atoms with Gasteiger partial charge in [-0.2, -0.15) is 0 Å². The number of nitrogens with zero attached hydrogens (tertiary/aromatic N) is 2. The van der Waals surface area contributed by atoms with Crippen molar-refractivity contribution in [1.29, 1.82) is 0 Å². The van der Waals surface area contributed by atoms with Crippen molar-refractivity contribution in [3.8, 4) is 0 Å². The molecule has 1 atom stereocenters. The lowest BCUT2D eigenvalue weighted by Gasteiger charge is -2.14. The molecule has 0 aliphatic heterocycles. The zero-order chi connectivity index (χ0) is 15.7. The number of aromatic nitrogens is 2. The summed E-state index contributed by atoms with van der Waals surface area (Å²) in [6.45, 7) is -0.0881. The second-order valence-corrected chi connectivity index (χ2v) is 5.34. The van der Waals surface area contributed by atoms with Gasteiger partial charge in [0, 0.05) is 10.6 Å². The van der Waals surface area contributed by atoms with E-state index in [1.807, 2.05) is 0 Å². The van der Waals surface area contributed by atoms with E-state index in [2.05, 4.69) is 4.98 Å². The maximum absolute atomic E-state index is 13.7. The molecule has 0 spiro atoms. The maximum atomic E-state index is 13.7. The number of hydrogen-bond donors (Lipinski definition) is 1. The van der Waals surface area contributed by atoms with Crippen LogP contribution in [0.3, 0.4) is 0 Å². The predicted molar refractivity (Wildman–Crippen MR) is 82.4 cm³/mol. The highest BCUT2D eigenvalue weighted by Crippen LogP contribution is 2.19. The molecule has 0 bridgehead atoms. The third-order valence-corrected chi connectivity index (χ3v) is 3.66. The molecule has 1 aromatic heterocycles. The zero-order valence-electron chi connectivity index (χ0n) is 11.4. The van der Waals surface area contributed by atoms with Gasteiger partial charge in [0.15, 0.2) is 0 Å². The average Bonchev–Trinajstić information content (AvgIpc) is 2.51. The van der Waals surface area contributed by atoms with Crippen molar-refractivity contribution < 1.29 is 9.50 Å². The highest BCUT2D eigenvalue weighted by Gasteiger charge is 2.14. The molecule has 6 heteroatoms. The minimum atomic E-state index is -1.14. The first-order valence-electron chi connectivity index (χ1n) is 6.63. The molecule has 0 aliphatic rings. The van der Waals surface area contributed by atoms with Gasteiger partial charge in [0.25, 0.3) is 5.56 Å². The number of aliphatic hydroxyl groups excluding tert-OH is 1. The summed E-state index contributed by atoms with van der Waals surface area (Å²) in [5, 5.41) is 10.9. The first-order valence-corrected chi connectivity index (χ1v) is 7.01. The number of aliphatic hydroxyl groups is 1. The van der Waals surface area contributed by atoms with Crippen LogP contribution >= 0.6 is 11.6 Å². The van der Waals surface area contributed by atoms with Crippen LogP contribution in [0.1, 0.15) is 11.7 Å². The van der Waals surface area contributed by atoms with Crippen LogP contribution in [0.5, 0.6) is 0 Å². The Kier molecular flexibility index (Phi) is 3.92. The molecular formula is C16H12ClFN2O2. The van der Waals surface area contributed by atoms with Crippen molar-refractivity contribution >= 4 is 22.5 Å². The van der Waals surface area contributed by atoms with Gasteiger partial charge in [0.05, 0.1) is 29.9 Å². The summed E-state index contributed by atoms with van der Waals surface area (Å²) in [7, 11) is 0. The number of halogens is 2. The molecular weight excluding hydrogens is 307 g/mol. The molecule has 0 fully saturated rings. The Hall–Kier alpha value is -2.24. The van der Waals surface area contributed by atoms with E-state index in [-0.39, 0.29) is 17.7 Å². The fourth-order valence-electron chi connectivity index (χ4n) is 2.29. The lowest BCUT2D eigenvalue weighted by Crippen LogP contribution is -2.24. The fraction of sp³-hybridized carbons (Fsp3) is 0.125. The highest BCUT2D eigenvalue weighted by molar-refractivity contribution is 6.31. The summed E-state index contributed by atoms with van der Waals surface area (Å²) >= 11 is 5.89. The molecule has 3 aromatic rings. The van der Waals surface area contributed by atoms with Crippen LogP contribution in [0.25, 0.3) is 10.9 Å². The first-order chi connectivity index (χ1) is 10.6. The standard InChI is InChI=1S/C16H12ClFN2O2/c17-10-5-6-14-12(7-10)16(22)20(9-19-14)8-15(21)11-3-1-2-4-13(11)18/h1-7,9,15,21H,8H2/t15-/m0/s1. The topological polar surface area (TPSA) is 55.1 Å². The quantitative estimate of drug-likeness (QED) is 0.808. The van der Waals surface area contributed by atoms with Gasteiger partial charge in [0.2, 0.25) is 0 Å². The van der Waals surface area contributed by atoms with Gasteiger partial charge < -0.3 is 5.11 Å². The number of hydrogen-bond acceptors (Lipinski definition) is 3. The van der Waals surface area contributed by atoms with Gasteiger partial charge in [-0.15, -0.1) is 0 Å². The molecule has 1 N–H and O–H groups in total. The predicted octanol–water partition coefficient (Wildman–Crippen LogP) is 2.92. The van der Waals surface area contributed by atoms with E-state index in [4.69, 9.17) is 11.6 Å². The molecule has 0 aliphatic carbocycles. The van der Waals surface area contributed by atoms with Crippen LogP contribution in [-0.2, 0) is 6.54 Å². The van der Waals surface area contributed by atoms with E-state index in [9.17, 15) is 14.3 Å². The van der Waals surface area contributed by atoms with Gasteiger partial charge in [-0.25, -0.2) is 9.37 Å². The fourth-order valence-corrected chi connectivity index (χ4v) is 2.46. The lowest BCUT2D eigenvalue weighted by atomic mass is 10.1. The molecule has 0 unspecified atom stereocenters. The Labute approximate surface area is 130 Å². The molecule has 4 nitrogen and oxygen atoms in total. The van der Waals surface area contributed by atoms with Gasteiger partial charge in [0.1, 0.15) is 5.82 Å². The molecule has 22 heavy (non-hydrogen) atoms. The van der Waals surface area contributed by atoms with E-state index < -0.39 is 11.9 Å². The zero-order valence-corrected chi connectivity index (χ0v) is 12.2. The second-order valence-electron chi connectivity index (χ2n) is 4.90. The lowest BCUT2D eigenvalue weighted by molar-refractivity contribution is 0.150. The average molecular weight is 319 g/mol. The summed E-state index contributed by atoms with van der Waals surface area (Å²) in [5.41, 5.74) is 0.328. The summed E-state index contributed by atoms with van der Waals surface area (Å²) in [5.74, 6) is -0.514. The SMILES string of the molecule is O=c1c2cc(Cl)ccc2ncn1C[C@H](O)c1ccccc1F. The minimum absolute atomic E-state index is 0.0881. The molecule has 0 radical (unpaired) electrons. The van der Waals surface area contributed by atoms with E-state index in [1.54, 1.807) is 18.2 Å². The van der Waals surface area contributed by atoms with Gasteiger partial charge in [-0.3, -0.25) is 9.36 Å². The van der Waals surface area contributed by atoms with Crippen LogP contribution in [0.4, 0.5) is 4.39 Å². The van der Waals surface area contributed by atoms with Crippen LogP contribution in [0.2, 0.25) is 5.02 Å². The largest absolute Gasteiger partial charge is 0.386 e. The van der Waals surface area contributed by atoms with E-state index in [1.165, 1.54) is 35.2 Å². The van der Waals surface area contributed by atoms with Crippen LogP contribution < -0.4 is 5.56 Å². The first kappa shape index (κ1) is 14.7. The van der Waals surface area contributed by atoms with Crippen molar-refractivity contribution in [2.75, 3.05) is 0 Å². The van der Waals surface area contributed by atoms with Crippen molar-refractivity contribution in [3.05, 3.63) is 75.5 Å². The Morgan fingerprint density at radius 2 is 2.05 bits per heavy atom. The highest BCUT2D eigenvalue weighted by atomic mass is 35.5. The van der Waals surface area contributed by atoms with E-state index in [0.717, 1.165) is 0 Å². The van der Waals surface area contributed by atoms with Crippen molar-refractivity contribution in [2.24, 2.45) is 0 Å². The van der Waals surface area contributed by atoms with Crippen LogP contribution in [0, 0.1) is 5.82 Å². The van der Waals surface area contributed by atoms with Gasteiger partial charge in [-0.05, 0) is 24.3 Å². The molecule has 2 aromatic carbocycles.